The number of urea groups is 1. The molecule has 0 unspecified atom stereocenters. The van der Waals surface area contributed by atoms with E-state index in [2.05, 4.69) is 10.6 Å². The molecule has 3 aromatic carbocycles. The van der Waals surface area contributed by atoms with Gasteiger partial charge in [-0.2, -0.15) is 0 Å². The lowest BCUT2D eigenvalue weighted by atomic mass is 10.2. The second kappa shape index (κ2) is 10.9. The van der Waals surface area contributed by atoms with Crippen molar-refractivity contribution in [3.63, 3.8) is 0 Å². The monoisotopic (exact) mass is 439 g/mol. The van der Waals surface area contributed by atoms with Crippen molar-refractivity contribution in [2.75, 3.05) is 29.9 Å². The van der Waals surface area contributed by atoms with Crippen LogP contribution in [-0.2, 0) is 0 Å². The summed E-state index contributed by atoms with van der Waals surface area (Å²) in [4.78, 5) is 26.6. The minimum absolute atomic E-state index is 0.101. The molecule has 0 aliphatic carbocycles. The van der Waals surface area contributed by atoms with E-state index in [9.17, 15) is 18.4 Å². The largest absolute Gasteiger partial charge is 0.494 e. The fourth-order valence-corrected chi connectivity index (χ4v) is 2.97. The third-order valence-corrected chi connectivity index (χ3v) is 4.51. The second-order valence-corrected chi connectivity index (χ2v) is 6.78. The molecule has 0 aliphatic heterocycles. The molecule has 0 saturated carbocycles. The average Bonchev–Trinajstić information content (AvgIpc) is 2.79. The molecule has 32 heavy (non-hydrogen) atoms. The number of amides is 3. The van der Waals surface area contributed by atoms with E-state index in [0.717, 1.165) is 6.07 Å². The van der Waals surface area contributed by atoms with Gasteiger partial charge in [0.05, 0.1) is 6.61 Å². The predicted molar refractivity (Wildman–Crippen MR) is 119 cm³/mol. The van der Waals surface area contributed by atoms with Crippen LogP contribution in [0.2, 0.25) is 0 Å². The standard InChI is InChI=1S/C24H23F2N3O3/c1-2-32-22-12-8-20(9-13-22)28-24(31)29(21-10-6-18(25)7-11-21)15-14-27-23(30)17-4-3-5-19(26)16-17/h3-13,16H,2,14-15H2,1H3,(H,27,30)(H,28,31). The molecular weight excluding hydrogens is 416 g/mol. The smallest absolute Gasteiger partial charge is 0.326 e. The molecule has 0 aliphatic rings. The van der Waals surface area contributed by atoms with Gasteiger partial charge in [0.2, 0.25) is 0 Å². The molecule has 0 fully saturated rings. The van der Waals surface area contributed by atoms with Crippen LogP contribution in [0.25, 0.3) is 0 Å². The number of nitrogens with zero attached hydrogens (tertiary/aromatic N) is 1. The third-order valence-electron chi connectivity index (χ3n) is 4.51. The van der Waals surface area contributed by atoms with E-state index in [4.69, 9.17) is 4.74 Å². The topological polar surface area (TPSA) is 70.7 Å². The number of benzene rings is 3. The number of carbonyl (C=O) groups excluding carboxylic acids is 2. The number of anilines is 2. The number of nitrogens with one attached hydrogen (secondary N) is 2. The Balaban J connectivity index is 1.68. The molecule has 3 amide bonds. The second-order valence-electron chi connectivity index (χ2n) is 6.78. The molecular formula is C24H23F2N3O3. The summed E-state index contributed by atoms with van der Waals surface area (Å²) < 4.78 is 32.1. The van der Waals surface area contributed by atoms with Crippen molar-refractivity contribution in [2.45, 2.75) is 6.92 Å². The molecule has 0 heterocycles. The van der Waals surface area contributed by atoms with Gasteiger partial charge < -0.3 is 15.4 Å². The summed E-state index contributed by atoms with van der Waals surface area (Å²) in [5.41, 5.74) is 1.18. The Kier molecular flexibility index (Phi) is 7.75. The summed E-state index contributed by atoms with van der Waals surface area (Å²) in [5.74, 6) is -0.725. The highest BCUT2D eigenvalue weighted by Crippen LogP contribution is 2.19. The zero-order valence-electron chi connectivity index (χ0n) is 17.5. The Morgan fingerprint density at radius 3 is 2.31 bits per heavy atom. The van der Waals surface area contributed by atoms with Crippen molar-refractivity contribution in [1.82, 2.24) is 5.32 Å². The van der Waals surface area contributed by atoms with Gasteiger partial charge >= 0.3 is 6.03 Å². The third kappa shape index (κ3) is 6.28. The van der Waals surface area contributed by atoms with Gasteiger partial charge in [-0.3, -0.25) is 9.69 Å². The Hall–Kier alpha value is -3.94. The van der Waals surface area contributed by atoms with Crippen LogP contribution >= 0.6 is 0 Å². The van der Waals surface area contributed by atoms with Crippen LogP contribution in [0.4, 0.5) is 25.0 Å². The van der Waals surface area contributed by atoms with Gasteiger partial charge in [-0.05, 0) is 73.7 Å². The van der Waals surface area contributed by atoms with Crippen LogP contribution in [0.5, 0.6) is 5.75 Å². The Labute approximate surface area is 184 Å². The molecule has 166 valence electrons. The lowest BCUT2D eigenvalue weighted by Gasteiger charge is -2.23. The van der Waals surface area contributed by atoms with Crippen molar-refractivity contribution >= 4 is 23.3 Å². The summed E-state index contributed by atoms with van der Waals surface area (Å²) in [6.45, 7) is 2.62. The van der Waals surface area contributed by atoms with Crippen molar-refractivity contribution in [2.24, 2.45) is 0 Å². The van der Waals surface area contributed by atoms with Gasteiger partial charge in [-0.25, -0.2) is 13.6 Å². The van der Waals surface area contributed by atoms with Crippen LogP contribution in [0, 0.1) is 11.6 Å². The highest BCUT2D eigenvalue weighted by atomic mass is 19.1. The normalized spacial score (nSPS) is 10.3. The highest BCUT2D eigenvalue weighted by molar-refractivity contribution is 6.02. The first-order valence-electron chi connectivity index (χ1n) is 10.1. The summed E-state index contributed by atoms with van der Waals surface area (Å²) in [5, 5.41) is 5.44. The fraction of sp³-hybridized carbons (Fsp3) is 0.167. The van der Waals surface area contributed by atoms with Gasteiger partial charge in [-0.15, -0.1) is 0 Å². The van der Waals surface area contributed by atoms with Crippen LogP contribution in [-0.4, -0.2) is 31.6 Å². The number of ether oxygens (including phenoxy) is 1. The van der Waals surface area contributed by atoms with Crippen LogP contribution in [0.1, 0.15) is 17.3 Å². The van der Waals surface area contributed by atoms with E-state index >= 15 is 0 Å². The van der Waals surface area contributed by atoms with Crippen molar-refractivity contribution in [3.05, 3.63) is 90.0 Å². The molecule has 0 radical (unpaired) electrons. The lowest BCUT2D eigenvalue weighted by Crippen LogP contribution is -2.41. The summed E-state index contributed by atoms with van der Waals surface area (Å²) in [7, 11) is 0. The SMILES string of the molecule is CCOc1ccc(NC(=O)N(CCNC(=O)c2cccc(F)c2)c2ccc(F)cc2)cc1. The van der Waals surface area contributed by atoms with E-state index in [1.54, 1.807) is 24.3 Å². The van der Waals surface area contributed by atoms with Crippen LogP contribution in [0.15, 0.2) is 72.8 Å². The van der Waals surface area contributed by atoms with E-state index in [-0.39, 0.29) is 18.7 Å². The minimum Gasteiger partial charge on any atom is -0.494 e. The van der Waals surface area contributed by atoms with E-state index in [1.165, 1.54) is 47.4 Å². The van der Waals surface area contributed by atoms with Gasteiger partial charge in [0, 0.05) is 30.0 Å². The van der Waals surface area contributed by atoms with Gasteiger partial charge in [-0.1, -0.05) is 6.07 Å². The van der Waals surface area contributed by atoms with E-state index in [1.807, 2.05) is 6.92 Å². The first kappa shape index (κ1) is 22.7. The quantitative estimate of drug-likeness (QED) is 0.528. The van der Waals surface area contributed by atoms with Crippen LogP contribution in [0.3, 0.4) is 0 Å². The molecule has 0 atom stereocenters. The molecule has 3 aromatic rings. The maximum absolute atomic E-state index is 13.4. The summed E-state index contributed by atoms with van der Waals surface area (Å²) >= 11 is 0. The van der Waals surface area contributed by atoms with Crippen molar-refractivity contribution in [1.29, 1.82) is 0 Å². The van der Waals surface area contributed by atoms with E-state index < -0.39 is 23.6 Å². The Bertz CT molecular complexity index is 1060. The summed E-state index contributed by atoms with van der Waals surface area (Å²) in [6, 6.07) is 17.2. The molecule has 0 saturated heterocycles. The molecule has 0 spiro atoms. The zero-order chi connectivity index (χ0) is 22.9. The van der Waals surface area contributed by atoms with Crippen molar-refractivity contribution in [3.8, 4) is 5.75 Å². The first-order valence-corrected chi connectivity index (χ1v) is 10.1. The van der Waals surface area contributed by atoms with Gasteiger partial charge in [0.25, 0.3) is 5.91 Å². The number of rotatable bonds is 8. The highest BCUT2D eigenvalue weighted by Gasteiger charge is 2.17. The van der Waals surface area contributed by atoms with Gasteiger partial charge in [0.15, 0.2) is 0 Å². The molecule has 6 nitrogen and oxygen atoms in total. The molecule has 8 heteroatoms. The maximum atomic E-state index is 13.4. The molecule has 3 rings (SSSR count). The van der Waals surface area contributed by atoms with E-state index in [0.29, 0.717) is 23.7 Å². The van der Waals surface area contributed by atoms with Crippen molar-refractivity contribution < 1.29 is 23.1 Å². The number of carbonyl (C=O) groups is 2. The summed E-state index contributed by atoms with van der Waals surface area (Å²) in [6.07, 6.45) is 0. The Morgan fingerprint density at radius 2 is 1.66 bits per heavy atom. The first-order chi connectivity index (χ1) is 15.5. The van der Waals surface area contributed by atoms with Crippen LogP contribution < -0.4 is 20.3 Å². The average molecular weight is 439 g/mol. The zero-order valence-corrected chi connectivity index (χ0v) is 17.5. The molecule has 2 N–H and O–H groups in total. The maximum Gasteiger partial charge on any atom is 0.326 e. The molecule has 0 aromatic heterocycles. The number of hydrogen-bond acceptors (Lipinski definition) is 3. The molecule has 0 bridgehead atoms. The minimum atomic E-state index is -0.514. The lowest BCUT2D eigenvalue weighted by molar-refractivity contribution is 0.0954. The number of halogens is 2. The fourth-order valence-electron chi connectivity index (χ4n) is 2.97. The Morgan fingerprint density at radius 1 is 0.938 bits per heavy atom. The predicted octanol–water partition coefficient (Wildman–Crippen LogP) is 4.83. The van der Waals surface area contributed by atoms with Gasteiger partial charge in [0.1, 0.15) is 17.4 Å². The number of hydrogen-bond donors (Lipinski definition) is 2.